The van der Waals surface area contributed by atoms with Crippen LogP contribution in [0.2, 0.25) is 0 Å². The zero-order chi connectivity index (χ0) is 28.0. The molecule has 4 fully saturated rings. The molecule has 4 aliphatic rings. The number of alkyl halides is 3. The molecular weight excluding hydrogens is 577 g/mol. The van der Waals surface area contributed by atoms with E-state index in [0.717, 1.165) is 51.9 Å². The summed E-state index contributed by atoms with van der Waals surface area (Å²) in [6, 6.07) is 0. The summed E-state index contributed by atoms with van der Waals surface area (Å²) < 4.78 is 55.0. The number of hydrogen-bond donors (Lipinski definition) is 0. The van der Waals surface area contributed by atoms with E-state index in [0.29, 0.717) is 5.92 Å². The van der Waals surface area contributed by atoms with Crippen molar-refractivity contribution in [2.45, 2.75) is 148 Å². The topological polar surface area (TPSA) is 96.0 Å². The van der Waals surface area contributed by atoms with Crippen LogP contribution in [0.5, 0.6) is 0 Å². The maximum atomic E-state index is 13.2. The molecule has 1 heterocycles. The average Bonchev–Trinajstić information content (AvgIpc) is 3.58. The summed E-state index contributed by atoms with van der Waals surface area (Å²) in [6.07, 6.45) is -1.16. The molecule has 0 aromatic heterocycles. The Morgan fingerprint density at radius 3 is 1.98 bits per heavy atom. The summed E-state index contributed by atoms with van der Waals surface area (Å²) in [5.41, 5.74) is -0.600. The standard InChI is InChI=1S/C28H39F3O7.6CH4/c1-14(23(32)38-27(4)9-5-6-10-27)11-19(24(33)36-16(3)28(29,30)31)13-20-22(26(35)37-25(20)34)21-15(2)17-7-8-18(21)12-17;;;;;;/h14-22H,5-13H2,1-4H3;6*1H4. The van der Waals surface area contributed by atoms with Gasteiger partial charge in [-0.25, -0.2) is 0 Å². The van der Waals surface area contributed by atoms with Gasteiger partial charge in [-0.1, -0.05) is 58.4 Å². The molecule has 0 aromatic carbocycles. The molecule has 9 atom stereocenters. The molecule has 9 unspecified atom stereocenters. The molecule has 0 spiro atoms. The summed E-state index contributed by atoms with van der Waals surface area (Å²) in [7, 11) is 0. The van der Waals surface area contributed by atoms with Gasteiger partial charge in [-0.15, -0.1) is 0 Å². The lowest BCUT2D eigenvalue weighted by Crippen LogP contribution is -2.38. The predicted octanol–water partition coefficient (Wildman–Crippen LogP) is 9.20. The van der Waals surface area contributed by atoms with E-state index in [4.69, 9.17) is 14.2 Å². The molecule has 0 amide bonds. The lowest BCUT2D eigenvalue weighted by atomic mass is 9.68. The van der Waals surface area contributed by atoms with Crippen molar-refractivity contribution in [1.29, 1.82) is 0 Å². The minimum absolute atomic E-state index is 0. The number of hydrogen-bond acceptors (Lipinski definition) is 7. The van der Waals surface area contributed by atoms with E-state index in [2.05, 4.69) is 6.92 Å². The third-order valence-electron chi connectivity index (χ3n) is 9.71. The Hall–Kier alpha value is -2.13. The largest absolute Gasteiger partial charge is 0.459 e. The van der Waals surface area contributed by atoms with Crippen molar-refractivity contribution >= 4 is 23.9 Å². The number of esters is 4. The first kappa shape index (κ1) is 46.3. The van der Waals surface area contributed by atoms with Crippen LogP contribution in [0, 0.1) is 47.3 Å². The molecule has 262 valence electrons. The molecule has 7 nitrogen and oxygen atoms in total. The summed E-state index contributed by atoms with van der Waals surface area (Å²) >= 11 is 0. The fraction of sp³-hybridized carbons (Fsp3) is 0.882. The molecule has 0 aromatic rings. The fourth-order valence-corrected chi connectivity index (χ4v) is 7.49. The first-order chi connectivity index (χ1) is 17.7. The predicted molar refractivity (Wildman–Crippen MR) is 168 cm³/mol. The van der Waals surface area contributed by atoms with Crippen molar-refractivity contribution in [3.05, 3.63) is 0 Å². The van der Waals surface area contributed by atoms with E-state index in [1.165, 1.54) is 0 Å². The molecule has 4 rings (SSSR count). The van der Waals surface area contributed by atoms with Gasteiger partial charge in [-0.3, -0.25) is 19.2 Å². The van der Waals surface area contributed by atoms with Crippen molar-refractivity contribution in [2.75, 3.05) is 0 Å². The maximum absolute atomic E-state index is 13.2. The Labute approximate surface area is 265 Å². The fourth-order valence-electron chi connectivity index (χ4n) is 7.49. The molecular formula is C34H63F3O7. The molecule has 1 aliphatic heterocycles. The molecule has 0 N–H and O–H groups in total. The van der Waals surface area contributed by atoms with Crippen LogP contribution >= 0.6 is 0 Å². The molecule has 3 saturated carbocycles. The Kier molecular flexibility index (Phi) is 18.4. The van der Waals surface area contributed by atoms with Crippen LogP contribution in [0.1, 0.15) is 130 Å². The Bertz CT molecular complexity index is 942. The van der Waals surface area contributed by atoms with Gasteiger partial charge in [-0.05, 0) is 95.3 Å². The molecule has 3 aliphatic carbocycles. The lowest BCUT2D eigenvalue weighted by molar-refractivity contribution is -0.219. The van der Waals surface area contributed by atoms with E-state index in [-0.39, 0.29) is 75.2 Å². The minimum Gasteiger partial charge on any atom is -0.459 e. The van der Waals surface area contributed by atoms with Crippen LogP contribution in [0.25, 0.3) is 0 Å². The first-order valence-electron chi connectivity index (χ1n) is 14.0. The molecule has 0 radical (unpaired) electrons. The average molecular weight is 641 g/mol. The smallest absolute Gasteiger partial charge is 0.425 e. The van der Waals surface area contributed by atoms with E-state index in [1.54, 1.807) is 6.92 Å². The summed E-state index contributed by atoms with van der Waals surface area (Å²) in [4.78, 5) is 51.6. The van der Waals surface area contributed by atoms with Crippen LogP contribution < -0.4 is 0 Å². The number of rotatable bonds is 9. The highest BCUT2D eigenvalue weighted by Gasteiger charge is 2.58. The molecule has 44 heavy (non-hydrogen) atoms. The second-order valence-corrected chi connectivity index (χ2v) is 12.4. The number of halogens is 3. The van der Waals surface area contributed by atoms with Crippen LogP contribution in [0.4, 0.5) is 13.2 Å². The van der Waals surface area contributed by atoms with Crippen molar-refractivity contribution in [2.24, 2.45) is 47.3 Å². The van der Waals surface area contributed by atoms with Gasteiger partial charge in [0.1, 0.15) is 5.60 Å². The van der Waals surface area contributed by atoms with Gasteiger partial charge in [0.2, 0.25) is 0 Å². The van der Waals surface area contributed by atoms with Gasteiger partial charge in [0.25, 0.3) is 0 Å². The number of carbonyl (C=O) groups excluding carboxylic acids is 4. The highest BCUT2D eigenvalue weighted by molar-refractivity contribution is 5.97. The van der Waals surface area contributed by atoms with Crippen molar-refractivity contribution in [3.8, 4) is 0 Å². The normalized spacial score (nSPS) is 29.9. The number of cyclic esters (lactones) is 2. The Balaban J connectivity index is -0.00000280. The molecule has 2 bridgehead atoms. The summed E-state index contributed by atoms with van der Waals surface area (Å²) in [6.45, 7) is 6.21. The van der Waals surface area contributed by atoms with Gasteiger partial charge < -0.3 is 14.2 Å². The zero-order valence-electron chi connectivity index (χ0n) is 22.6. The summed E-state index contributed by atoms with van der Waals surface area (Å²) in [5, 5.41) is 0. The van der Waals surface area contributed by atoms with Gasteiger partial charge >= 0.3 is 30.1 Å². The lowest BCUT2D eigenvalue weighted by Gasteiger charge is -2.34. The third kappa shape index (κ3) is 9.68. The van der Waals surface area contributed by atoms with Crippen molar-refractivity contribution in [1.82, 2.24) is 0 Å². The van der Waals surface area contributed by atoms with Crippen LogP contribution in [-0.4, -0.2) is 41.8 Å². The highest BCUT2D eigenvalue weighted by atomic mass is 19.4. The van der Waals surface area contributed by atoms with Crippen LogP contribution in [0.3, 0.4) is 0 Å². The first-order valence-corrected chi connectivity index (χ1v) is 14.0. The van der Waals surface area contributed by atoms with Crippen LogP contribution in [-0.2, 0) is 33.4 Å². The SMILES string of the molecule is C.C.C.C.C.C.CC(CC(CC1C(=O)OC(=O)C1C1C2CCC(C2)C1C)C(=O)OC(C)C(F)(F)F)C(=O)OC1(C)CCCC1. The molecule has 1 saturated heterocycles. The van der Waals surface area contributed by atoms with Gasteiger partial charge in [0.15, 0.2) is 6.10 Å². The minimum atomic E-state index is -4.76. The zero-order valence-corrected chi connectivity index (χ0v) is 22.6. The molecule has 10 heteroatoms. The third-order valence-corrected chi connectivity index (χ3v) is 9.71. The summed E-state index contributed by atoms with van der Waals surface area (Å²) in [5.74, 6) is -5.94. The number of ether oxygens (including phenoxy) is 3. The number of fused-ring (bicyclic) bond motifs is 2. The van der Waals surface area contributed by atoms with Gasteiger partial charge in [0, 0.05) is 0 Å². The quantitative estimate of drug-likeness (QED) is 0.141. The second-order valence-electron chi connectivity index (χ2n) is 12.4. The number of carbonyl (C=O) groups is 4. The van der Waals surface area contributed by atoms with Crippen LogP contribution in [0.15, 0.2) is 0 Å². The second kappa shape index (κ2) is 17.5. The van der Waals surface area contributed by atoms with Gasteiger partial charge in [0.05, 0.1) is 23.7 Å². The van der Waals surface area contributed by atoms with Gasteiger partial charge in [-0.2, -0.15) is 13.2 Å². The highest BCUT2D eigenvalue weighted by Crippen LogP contribution is 2.57. The van der Waals surface area contributed by atoms with E-state index < -0.39 is 65.4 Å². The monoisotopic (exact) mass is 640 g/mol. The Morgan fingerprint density at radius 2 is 1.48 bits per heavy atom. The maximum Gasteiger partial charge on any atom is 0.425 e. The van der Waals surface area contributed by atoms with E-state index in [9.17, 15) is 32.3 Å². The van der Waals surface area contributed by atoms with Crippen molar-refractivity contribution < 1.29 is 46.6 Å². The van der Waals surface area contributed by atoms with E-state index >= 15 is 0 Å². The Morgan fingerprint density at radius 1 is 0.932 bits per heavy atom. The van der Waals surface area contributed by atoms with E-state index in [1.807, 2.05) is 6.92 Å². The van der Waals surface area contributed by atoms with Crippen molar-refractivity contribution in [3.63, 3.8) is 0 Å².